The number of nitrogens with one attached hydrogen (secondary N) is 2. The molecule has 0 atom stereocenters. The number of carbonyl (C=O) groups excluding carboxylic acids is 1. The summed E-state index contributed by atoms with van der Waals surface area (Å²) < 4.78 is 0. The van der Waals surface area contributed by atoms with Gasteiger partial charge in [-0.05, 0) is 44.1 Å². The first-order chi connectivity index (χ1) is 9.90. The number of aromatic carboxylic acids is 1. The Kier molecular flexibility index (Phi) is 4.40. The lowest BCUT2D eigenvalue weighted by atomic mass is 9.83. The van der Waals surface area contributed by atoms with E-state index in [1.54, 1.807) is 13.8 Å². The van der Waals surface area contributed by atoms with E-state index in [2.05, 4.69) is 17.2 Å². The van der Waals surface area contributed by atoms with Crippen LogP contribution in [-0.4, -0.2) is 28.5 Å². The molecule has 5 nitrogen and oxygen atoms in total. The highest BCUT2D eigenvalue weighted by atomic mass is 16.4. The van der Waals surface area contributed by atoms with Crippen molar-refractivity contribution < 1.29 is 14.7 Å². The maximum atomic E-state index is 12.4. The molecule has 1 aromatic heterocycles. The molecule has 0 aromatic carbocycles. The summed E-state index contributed by atoms with van der Waals surface area (Å²) in [4.78, 5) is 26.3. The van der Waals surface area contributed by atoms with Crippen LogP contribution in [0.15, 0.2) is 0 Å². The Morgan fingerprint density at radius 3 is 2.38 bits per heavy atom. The average Bonchev–Trinajstić information content (AvgIpc) is 3.02. The molecule has 1 amide bonds. The molecule has 3 N–H and O–H groups in total. The number of carboxylic acid groups (broad SMARTS) is 1. The number of aromatic amines is 1. The summed E-state index contributed by atoms with van der Waals surface area (Å²) >= 11 is 0. The van der Waals surface area contributed by atoms with Gasteiger partial charge < -0.3 is 15.4 Å². The van der Waals surface area contributed by atoms with Crippen LogP contribution < -0.4 is 5.32 Å². The molecular formula is C16H24N2O3. The third-order valence-electron chi connectivity index (χ3n) is 4.92. The van der Waals surface area contributed by atoms with Gasteiger partial charge >= 0.3 is 5.97 Å². The summed E-state index contributed by atoms with van der Waals surface area (Å²) in [5.41, 5.74) is 1.91. The van der Waals surface area contributed by atoms with E-state index >= 15 is 0 Å². The molecule has 0 aliphatic heterocycles. The highest BCUT2D eigenvalue weighted by Crippen LogP contribution is 2.40. The zero-order valence-electron chi connectivity index (χ0n) is 13.0. The first-order valence-corrected chi connectivity index (χ1v) is 7.61. The molecule has 1 saturated carbocycles. The van der Waals surface area contributed by atoms with E-state index in [9.17, 15) is 9.59 Å². The van der Waals surface area contributed by atoms with Crippen molar-refractivity contribution in [2.45, 2.75) is 52.9 Å². The molecule has 0 bridgehead atoms. The highest BCUT2D eigenvalue weighted by Gasteiger charge is 2.32. The summed E-state index contributed by atoms with van der Waals surface area (Å²) in [6.07, 6.45) is 5.85. The van der Waals surface area contributed by atoms with Crippen LogP contribution in [0.1, 0.15) is 71.1 Å². The van der Waals surface area contributed by atoms with E-state index in [-0.39, 0.29) is 17.0 Å². The monoisotopic (exact) mass is 292 g/mol. The molecule has 116 valence electrons. The number of hydrogen-bond acceptors (Lipinski definition) is 2. The third-order valence-corrected chi connectivity index (χ3v) is 4.92. The van der Waals surface area contributed by atoms with E-state index < -0.39 is 5.97 Å². The summed E-state index contributed by atoms with van der Waals surface area (Å²) in [5, 5.41) is 12.1. The van der Waals surface area contributed by atoms with E-state index in [1.165, 1.54) is 12.8 Å². The lowest BCUT2D eigenvalue weighted by Crippen LogP contribution is -2.36. The lowest BCUT2D eigenvalue weighted by molar-refractivity contribution is 0.0690. The number of rotatable bonds is 5. The molecule has 0 spiro atoms. The van der Waals surface area contributed by atoms with Crippen LogP contribution in [-0.2, 0) is 0 Å². The number of aryl methyl sites for hydroxylation is 1. The van der Waals surface area contributed by atoms with Gasteiger partial charge in [-0.15, -0.1) is 0 Å². The van der Waals surface area contributed by atoms with Gasteiger partial charge in [-0.3, -0.25) is 4.79 Å². The molecule has 0 unspecified atom stereocenters. The van der Waals surface area contributed by atoms with Crippen LogP contribution in [0.4, 0.5) is 0 Å². The first kappa shape index (κ1) is 15.6. The van der Waals surface area contributed by atoms with Crippen molar-refractivity contribution in [3.8, 4) is 0 Å². The zero-order chi connectivity index (χ0) is 15.6. The molecule has 1 fully saturated rings. The normalized spacial score (nSPS) is 16.9. The second kappa shape index (κ2) is 5.92. The fraction of sp³-hybridized carbons (Fsp3) is 0.625. The first-order valence-electron chi connectivity index (χ1n) is 7.61. The minimum absolute atomic E-state index is 0.101. The quantitative estimate of drug-likeness (QED) is 0.780. The smallest absolute Gasteiger partial charge is 0.352 e. The molecule has 1 aliphatic rings. The maximum Gasteiger partial charge on any atom is 0.352 e. The van der Waals surface area contributed by atoms with Gasteiger partial charge in [0.15, 0.2) is 0 Å². The van der Waals surface area contributed by atoms with Gasteiger partial charge in [0, 0.05) is 12.2 Å². The van der Waals surface area contributed by atoms with Crippen molar-refractivity contribution in [1.82, 2.24) is 10.3 Å². The van der Waals surface area contributed by atoms with Crippen molar-refractivity contribution in [1.29, 1.82) is 0 Å². The Morgan fingerprint density at radius 1 is 1.29 bits per heavy atom. The fourth-order valence-corrected chi connectivity index (χ4v) is 3.44. The van der Waals surface area contributed by atoms with E-state index in [0.29, 0.717) is 23.4 Å². The van der Waals surface area contributed by atoms with Gasteiger partial charge in [-0.2, -0.15) is 0 Å². The summed E-state index contributed by atoms with van der Waals surface area (Å²) in [7, 11) is 0. The van der Waals surface area contributed by atoms with Crippen LogP contribution in [0.5, 0.6) is 0 Å². The average molecular weight is 292 g/mol. The van der Waals surface area contributed by atoms with Crippen molar-refractivity contribution in [3.63, 3.8) is 0 Å². The van der Waals surface area contributed by atoms with Crippen LogP contribution in [0, 0.1) is 19.3 Å². The summed E-state index contributed by atoms with van der Waals surface area (Å²) in [6.45, 7) is 6.26. The fourth-order valence-electron chi connectivity index (χ4n) is 3.44. The van der Waals surface area contributed by atoms with E-state index in [1.807, 2.05) is 0 Å². The third kappa shape index (κ3) is 2.96. The molecule has 1 heterocycles. The minimum Gasteiger partial charge on any atom is -0.477 e. The van der Waals surface area contributed by atoms with Gasteiger partial charge in [0.2, 0.25) is 0 Å². The van der Waals surface area contributed by atoms with E-state index in [4.69, 9.17) is 5.11 Å². The standard InChI is InChI=1S/C16H24N2O3/c1-4-16(7-5-6-8-16)9-17-14(19)12-10(2)13(15(20)21)18-11(12)3/h18H,4-9H2,1-3H3,(H,17,19)(H,20,21). The number of aromatic nitrogens is 1. The molecule has 21 heavy (non-hydrogen) atoms. The Labute approximate surface area is 125 Å². The number of hydrogen-bond donors (Lipinski definition) is 3. The van der Waals surface area contributed by atoms with Crippen LogP contribution in [0.3, 0.4) is 0 Å². The van der Waals surface area contributed by atoms with Crippen LogP contribution in [0.25, 0.3) is 0 Å². The highest BCUT2D eigenvalue weighted by molar-refractivity contribution is 6.00. The Balaban J connectivity index is 2.12. The van der Waals surface area contributed by atoms with Crippen molar-refractivity contribution in [3.05, 3.63) is 22.5 Å². The second-order valence-corrected chi connectivity index (χ2v) is 6.17. The van der Waals surface area contributed by atoms with Crippen molar-refractivity contribution in [2.75, 3.05) is 6.54 Å². The van der Waals surface area contributed by atoms with Crippen molar-refractivity contribution >= 4 is 11.9 Å². The van der Waals surface area contributed by atoms with Gasteiger partial charge in [0.1, 0.15) is 5.69 Å². The van der Waals surface area contributed by atoms with Crippen LogP contribution in [0.2, 0.25) is 0 Å². The predicted octanol–water partition coefficient (Wildman–Crippen LogP) is 3.03. The van der Waals surface area contributed by atoms with Gasteiger partial charge in [0.05, 0.1) is 5.56 Å². The van der Waals surface area contributed by atoms with Gasteiger partial charge in [0.25, 0.3) is 5.91 Å². The summed E-state index contributed by atoms with van der Waals surface area (Å²) in [6, 6.07) is 0. The molecule has 0 saturated heterocycles. The largest absolute Gasteiger partial charge is 0.477 e. The number of carbonyl (C=O) groups is 2. The number of H-pyrrole nitrogens is 1. The Morgan fingerprint density at radius 2 is 1.90 bits per heavy atom. The van der Waals surface area contributed by atoms with Gasteiger partial charge in [-0.25, -0.2) is 4.79 Å². The second-order valence-electron chi connectivity index (χ2n) is 6.17. The number of amides is 1. The maximum absolute atomic E-state index is 12.4. The van der Waals surface area contributed by atoms with Crippen LogP contribution >= 0.6 is 0 Å². The molecular weight excluding hydrogens is 268 g/mol. The number of carboxylic acids is 1. The SMILES string of the molecule is CCC1(CNC(=O)c2c(C)[nH]c(C(=O)O)c2C)CCCC1. The molecule has 1 aliphatic carbocycles. The predicted molar refractivity (Wildman–Crippen MR) is 80.8 cm³/mol. The minimum atomic E-state index is -1.03. The molecule has 2 rings (SSSR count). The Hall–Kier alpha value is -1.78. The zero-order valence-corrected chi connectivity index (χ0v) is 13.0. The molecule has 0 radical (unpaired) electrons. The Bertz CT molecular complexity index is 554. The van der Waals surface area contributed by atoms with Gasteiger partial charge in [-0.1, -0.05) is 19.8 Å². The topological polar surface area (TPSA) is 82.2 Å². The molecule has 1 aromatic rings. The van der Waals surface area contributed by atoms with Crippen molar-refractivity contribution in [2.24, 2.45) is 5.41 Å². The lowest BCUT2D eigenvalue weighted by Gasteiger charge is -2.27. The van der Waals surface area contributed by atoms with E-state index in [0.717, 1.165) is 19.3 Å². The molecule has 5 heteroatoms. The summed E-state index contributed by atoms with van der Waals surface area (Å²) in [5.74, 6) is -1.20.